The summed E-state index contributed by atoms with van der Waals surface area (Å²) in [5.74, 6) is 0.778. The summed E-state index contributed by atoms with van der Waals surface area (Å²) in [6.45, 7) is 0. The Hall–Kier alpha value is -0.420. The summed E-state index contributed by atoms with van der Waals surface area (Å²) in [6.07, 6.45) is -1.96. The lowest BCUT2D eigenvalue weighted by Gasteiger charge is -2.17. The van der Waals surface area contributed by atoms with Crippen LogP contribution in [0.2, 0.25) is 5.02 Å². The Morgan fingerprint density at radius 2 is 2.13 bits per heavy atom. The number of aliphatic hydroxyl groups excluding tert-OH is 2. The summed E-state index contributed by atoms with van der Waals surface area (Å²) in [6, 6.07) is 4.89. The second kappa shape index (κ2) is 5.61. The van der Waals surface area contributed by atoms with Crippen LogP contribution in [0, 0.1) is 0 Å². The number of aliphatic hydroxyl groups is 2. The van der Waals surface area contributed by atoms with Gasteiger partial charge in [0.05, 0.1) is 18.2 Å². The number of halogens is 1. The summed E-state index contributed by atoms with van der Waals surface area (Å²) in [5.41, 5.74) is 0.471. The summed E-state index contributed by atoms with van der Waals surface area (Å²) < 4.78 is 4.97. The highest BCUT2D eigenvalue weighted by molar-refractivity contribution is 7.80. The molecule has 0 spiro atoms. The van der Waals surface area contributed by atoms with Gasteiger partial charge in [0, 0.05) is 11.3 Å². The number of rotatable bonds is 4. The van der Waals surface area contributed by atoms with Crippen LogP contribution in [0.3, 0.4) is 0 Å². The smallest absolute Gasteiger partial charge is 0.120 e. The first-order valence-electron chi connectivity index (χ1n) is 4.40. The molecule has 0 aromatic heterocycles. The Morgan fingerprint density at radius 3 is 2.60 bits per heavy atom. The molecule has 2 unspecified atom stereocenters. The van der Waals surface area contributed by atoms with Crippen LogP contribution < -0.4 is 4.74 Å². The Kier molecular flexibility index (Phi) is 4.73. The quantitative estimate of drug-likeness (QED) is 0.711. The molecule has 0 saturated carbocycles. The van der Waals surface area contributed by atoms with E-state index in [0.717, 1.165) is 0 Å². The standard InChI is InChI=1S/C10H13ClO3S/c1-14-6-2-3-7(8(11)4-6)10(13)9(12)5-15/h2-4,9-10,12-13,15H,5H2,1H3. The minimum absolute atomic E-state index is 0.170. The monoisotopic (exact) mass is 248 g/mol. The van der Waals surface area contributed by atoms with Crippen molar-refractivity contribution in [1.29, 1.82) is 0 Å². The topological polar surface area (TPSA) is 49.7 Å². The average molecular weight is 249 g/mol. The van der Waals surface area contributed by atoms with E-state index in [1.807, 2.05) is 0 Å². The van der Waals surface area contributed by atoms with Crippen molar-refractivity contribution >= 4 is 24.2 Å². The molecule has 1 rings (SSSR count). The average Bonchev–Trinajstić information content (AvgIpc) is 2.26. The van der Waals surface area contributed by atoms with Crippen LogP contribution >= 0.6 is 24.2 Å². The molecule has 0 amide bonds. The van der Waals surface area contributed by atoms with E-state index in [1.54, 1.807) is 18.2 Å². The number of thiol groups is 1. The van der Waals surface area contributed by atoms with E-state index in [4.69, 9.17) is 16.3 Å². The van der Waals surface area contributed by atoms with Crippen LogP contribution in [0.15, 0.2) is 18.2 Å². The van der Waals surface area contributed by atoms with Crippen LogP contribution in [0.1, 0.15) is 11.7 Å². The van der Waals surface area contributed by atoms with Crippen molar-refractivity contribution in [1.82, 2.24) is 0 Å². The van der Waals surface area contributed by atoms with Gasteiger partial charge in [0.2, 0.25) is 0 Å². The molecule has 3 nitrogen and oxygen atoms in total. The maximum absolute atomic E-state index is 9.71. The van der Waals surface area contributed by atoms with E-state index in [-0.39, 0.29) is 5.75 Å². The first kappa shape index (κ1) is 12.6. The van der Waals surface area contributed by atoms with E-state index in [9.17, 15) is 10.2 Å². The van der Waals surface area contributed by atoms with E-state index < -0.39 is 12.2 Å². The first-order valence-corrected chi connectivity index (χ1v) is 5.41. The van der Waals surface area contributed by atoms with Gasteiger partial charge in [0.15, 0.2) is 0 Å². The molecule has 2 atom stereocenters. The third kappa shape index (κ3) is 3.01. The first-order chi connectivity index (χ1) is 7.10. The molecule has 5 heteroatoms. The highest BCUT2D eigenvalue weighted by atomic mass is 35.5. The third-order valence-corrected chi connectivity index (χ3v) is 2.78. The molecule has 0 saturated heterocycles. The van der Waals surface area contributed by atoms with Crippen molar-refractivity contribution in [2.75, 3.05) is 12.9 Å². The van der Waals surface area contributed by atoms with Gasteiger partial charge in [-0.1, -0.05) is 17.7 Å². The van der Waals surface area contributed by atoms with E-state index in [1.165, 1.54) is 7.11 Å². The number of hydrogen-bond donors (Lipinski definition) is 3. The number of benzene rings is 1. The van der Waals surface area contributed by atoms with Crippen molar-refractivity contribution < 1.29 is 14.9 Å². The lowest BCUT2D eigenvalue weighted by molar-refractivity contribution is 0.0338. The Labute approximate surface area is 99.1 Å². The minimum atomic E-state index is -1.03. The van der Waals surface area contributed by atoms with Gasteiger partial charge in [-0.25, -0.2) is 0 Å². The predicted molar refractivity (Wildman–Crippen MR) is 62.8 cm³/mol. The Balaban J connectivity index is 2.95. The number of hydrogen-bond acceptors (Lipinski definition) is 4. The number of ether oxygens (including phenoxy) is 1. The second-order valence-corrected chi connectivity index (χ2v) is 3.85. The van der Waals surface area contributed by atoms with Gasteiger partial charge < -0.3 is 14.9 Å². The zero-order valence-corrected chi connectivity index (χ0v) is 9.87. The van der Waals surface area contributed by atoms with Crippen molar-refractivity contribution in [3.8, 4) is 5.75 Å². The highest BCUT2D eigenvalue weighted by Gasteiger charge is 2.19. The molecule has 0 aliphatic rings. The predicted octanol–water partition coefficient (Wildman–Crippen LogP) is 1.67. The van der Waals surface area contributed by atoms with Gasteiger partial charge >= 0.3 is 0 Å². The van der Waals surface area contributed by atoms with Crippen LogP contribution in [-0.4, -0.2) is 29.2 Å². The SMILES string of the molecule is COc1ccc(C(O)C(O)CS)c(Cl)c1. The minimum Gasteiger partial charge on any atom is -0.497 e. The fourth-order valence-corrected chi connectivity index (χ4v) is 1.66. The molecule has 0 bridgehead atoms. The second-order valence-electron chi connectivity index (χ2n) is 3.08. The third-order valence-electron chi connectivity index (χ3n) is 2.08. The fourth-order valence-electron chi connectivity index (χ4n) is 1.18. The van der Waals surface area contributed by atoms with Gasteiger partial charge in [0.1, 0.15) is 11.9 Å². The molecule has 0 aliphatic heterocycles. The van der Waals surface area contributed by atoms with E-state index >= 15 is 0 Å². The van der Waals surface area contributed by atoms with Crippen molar-refractivity contribution in [2.45, 2.75) is 12.2 Å². The van der Waals surface area contributed by atoms with Crippen LogP contribution in [-0.2, 0) is 0 Å². The van der Waals surface area contributed by atoms with Crippen LogP contribution in [0.25, 0.3) is 0 Å². The van der Waals surface area contributed by atoms with E-state index in [2.05, 4.69) is 12.6 Å². The molecular formula is C10H13ClO3S. The maximum atomic E-state index is 9.71. The summed E-state index contributed by atoms with van der Waals surface area (Å²) >= 11 is 9.83. The molecule has 0 heterocycles. The van der Waals surface area contributed by atoms with Crippen molar-refractivity contribution in [2.24, 2.45) is 0 Å². The molecule has 0 radical (unpaired) electrons. The van der Waals surface area contributed by atoms with Crippen LogP contribution in [0.5, 0.6) is 5.75 Å². The zero-order valence-electron chi connectivity index (χ0n) is 8.22. The largest absolute Gasteiger partial charge is 0.497 e. The van der Waals surface area contributed by atoms with Gasteiger partial charge in [-0.3, -0.25) is 0 Å². The van der Waals surface area contributed by atoms with Gasteiger partial charge in [-0.15, -0.1) is 0 Å². The van der Waals surface area contributed by atoms with Gasteiger partial charge in [-0.2, -0.15) is 12.6 Å². The highest BCUT2D eigenvalue weighted by Crippen LogP contribution is 2.29. The zero-order chi connectivity index (χ0) is 11.4. The normalized spacial score (nSPS) is 14.7. The van der Waals surface area contributed by atoms with Gasteiger partial charge in [0.25, 0.3) is 0 Å². The fraction of sp³-hybridized carbons (Fsp3) is 0.400. The Morgan fingerprint density at radius 1 is 1.47 bits per heavy atom. The van der Waals surface area contributed by atoms with Gasteiger partial charge in [-0.05, 0) is 12.1 Å². The molecule has 84 valence electrons. The molecule has 1 aromatic carbocycles. The number of methoxy groups -OCH3 is 1. The lowest BCUT2D eigenvalue weighted by Crippen LogP contribution is -2.20. The summed E-state index contributed by atoms with van der Waals surface area (Å²) in [7, 11) is 1.53. The molecular weight excluding hydrogens is 236 g/mol. The molecule has 0 aliphatic carbocycles. The van der Waals surface area contributed by atoms with Crippen molar-refractivity contribution in [3.63, 3.8) is 0 Å². The maximum Gasteiger partial charge on any atom is 0.120 e. The van der Waals surface area contributed by atoms with Crippen LogP contribution in [0.4, 0.5) is 0 Å². The molecule has 0 fully saturated rings. The van der Waals surface area contributed by atoms with E-state index in [0.29, 0.717) is 16.3 Å². The van der Waals surface area contributed by atoms with Crippen molar-refractivity contribution in [3.05, 3.63) is 28.8 Å². The molecule has 15 heavy (non-hydrogen) atoms. The molecule has 1 aromatic rings. The summed E-state index contributed by atoms with van der Waals surface area (Å²) in [5, 5.41) is 19.5. The lowest BCUT2D eigenvalue weighted by atomic mass is 10.1. The summed E-state index contributed by atoms with van der Waals surface area (Å²) in [4.78, 5) is 0. The Bertz CT molecular complexity index is 332. The molecule has 2 N–H and O–H groups in total.